The van der Waals surface area contributed by atoms with Crippen molar-refractivity contribution in [1.82, 2.24) is 10.2 Å². The maximum atomic E-state index is 12.9. The summed E-state index contributed by atoms with van der Waals surface area (Å²) in [5, 5.41) is 12.3. The van der Waals surface area contributed by atoms with E-state index in [4.69, 9.17) is 5.11 Å². The second-order valence-corrected chi connectivity index (χ2v) is 6.79. The Kier molecular flexibility index (Phi) is 5.25. The highest BCUT2D eigenvalue weighted by Crippen LogP contribution is 2.34. The molecule has 2 aliphatic rings. The first kappa shape index (κ1) is 16.3. The topological polar surface area (TPSA) is 69.6 Å². The molecule has 120 valence electrons. The van der Waals surface area contributed by atoms with Crippen molar-refractivity contribution in [3.05, 3.63) is 0 Å². The second-order valence-electron chi connectivity index (χ2n) is 6.79. The van der Waals surface area contributed by atoms with Crippen LogP contribution in [0.1, 0.15) is 46.0 Å². The molecule has 0 aromatic rings. The van der Waals surface area contributed by atoms with E-state index in [1.54, 1.807) is 0 Å². The molecule has 0 spiro atoms. The lowest BCUT2D eigenvalue weighted by molar-refractivity contribution is -0.144. The lowest BCUT2D eigenvalue weighted by atomic mass is 9.80. The van der Waals surface area contributed by atoms with Gasteiger partial charge >= 0.3 is 5.97 Å². The van der Waals surface area contributed by atoms with Gasteiger partial charge in [-0.1, -0.05) is 13.8 Å². The number of likely N-dealkylation sites (tertiary alicyclic amines) is 1. The maximum absolute atomic E-state index is 12.9. The van der Waals surface area contributed by atoms with Crippen LogP contribution < -0.4 is 5.32 Å². The second kappa shape index (κ2) is 6.77. The van der Waals surface area contributed by atoms with Crippen molar-refractivity contribution in [2.75, 3.05) is 26.2 Å². The first-order valence-corrected chi connectivity index (χ1v) is 8.20. The molecule has 0 aromatic carbocycles. The summed E-state index contributed by atoms with van der Waals surface area (Å²) in [6, 6.07) is 0. The zero-order chi connectivity index (χ0) is 15.5. The van der Waals surface area contributed by atoms with E-state index in [0.29, 0.717) is 5.92 Å². The number of carbonyl (C=O) groups excluding carboxylic acids is 1. The van der Waals surface area contributed by atoms with Gasteiger partial charge in [0, 0.05) is 26.1 Å². The molecule has 2 rings (SSSR count). The van der Waals surface area contributed by atoms with Crippen molar-refractivity contribution in [1.29, 1.82) is 0 Å². The van der Waals surface area contributed by atoms with Crippen molar-refractivity contribution in [2.45, 2.75) is 46.0 Å². The van der Waals surface area contributed by atoms with E-state index in [1.165, 1.54) is 0 Å². The maximum Gasteiger partial charge on any atom is 0.303 e. The van der Waals surface area contributed by atoms with E-state index in [-0.39, 0.29) is 23.7 Å². The average molecular weight is 296 g/mol. The van der Waals surface area contributed by atoms with Gasteiger partial charge in [-0.05, 0) is 44.1 Å². The molecule has 3 unspecified atom stereocenters. The molecule has 1 amide bonds. The quantitative estimate of drug-likeness (QED) is 0.810. The molecular formula is C16H28N2O3. The molecule has 3 atom stereocenters. The van der Waals surface area contributed by atoms with Gasteiger partial charge in [-0.25, -0.2) is 0 Å². The molecule has 5 heteroatoms. The van der Waals surface area contributed by atoms with Gasteiger partial charge in [0.2, 0.25) is 5.91 Å². The Balaban J connectivity index is 2.00. The Morgan fingerprint density at radius 2 is 2.24 bits per heavy atom. The van der Waals surface area contributed by atoms with Crippen molar-refractivity contribution in [3.63, 3.8) is 0 Å². The van der Waals surface area contributed by atoms with Gasteiger partial charge in [-0.3, -0.25) is 9.59 Å². The normalized spacial score (nSPS) is 31.1. The van der Waals surface area contributed by atoms with Crippen molar-refractivity contribution < 1.29 is 14.7 Å². The van der Waals surface area contributed by atoms with Crippen molar-refractivity contribution >= 4 is 11.9 Å². The van der Waals surface area contributed by atoms with E-state index in [9.17, 15) is 9.59 Å². The first-order valence-electron chi connectivity index (χ1n) is 8.20. The molecule has 2 saturated heterocycles. The van der Waals surface area contributed by atoms with Crippen LogP contribution in [0.3, 0.4) is 0 Å². The monoisotopic (exact) mass is 296 g/mol. The molecule has 5 nitrogen and oxygen atoms in total. The zero-order valence-electron chi connectivity index (χ0n) is 13.2. The molecule has 2 aliphatic heterocycles. The fraction of sp³-hybridized carbons (Fsp3) is 0.875. The minimum absolute atomic E-state index is 0.136. The van der Waals surface area contributed by atoms with Crippen LogP contribution in [0.25, 0.3) is 0 Å². The Morgan fingerprint density at radius 3 is 2.81 bits per heavy atom. The van der Waals surface area contributed by atoms with E-state index in [1.807, 2.05) is 11.8 Å². The third kappa shape index (κ3) is 3.57. The summed E-state index contributed by atoms with van der Waals surface area (Å²) in [7, 11) is 0. The minimum Gasteiger partial charge on any atom is -0.481 e. The zero-order valence-corrected chi connectivity index (χ0v) is 13.2. The molecule has 21 heavy (non-hydrogen) atoms. The number of amides is 1. The molecule has 0 aliphatic carbocycles. The number of nitrogens with one attached hydrogen (secondary N) is 1. The van der Waals surface area contributed by atoms with E-state index in [2.05, 4.69) is 12.2 Å². The molecule has 0 aromatic heterocycles. The molecule has 2 N–H and O–H groups in total. The highest BCUT2D eigenvalue weighted by Gasteiger charge is 2.43. The number of rotatable bonds is 5. The van der Waals surface area contributed by atoms with Crippen LogP contribution in [0, 0.1) is 17.3 Å². The number of carbonyl (C=O) groups is 2. The van der Waals surface area contributed by atoms with Crippen LogP contribution in [-0.4, -0.2) is 48.1 Å². The van der Waals surface area contributed by atoms with Crippen LogP contribution in [0.2, 0.25) is 0 Å². The number of nitrogens with zero attached hydrogens (tertiary/aromatic N) is 1. The molecular weight excluding hydrogens is 268 g/mol. The van der Waals surface area contributed by atoms with Gasteiger partial charge in [0.05, 0.1) is 5.41 Å². The fourth-order valence-electron chi connectivity index (χ4n) is 3.82. The predicted molar refractivity (Wildman–Crippen MR) is 80.9 cm³/mol. The van der Waals surface area contributed by atoms with Crippen LogP contribution >= 0.6 is 0 Å². The van der Waals surface area contributed by atoms with Crippen LogP contribution in [0.4, 0.5) is 0 Å². The van der Waals surface area contributed by atoms with Crippen LogP contribution in [0.5, 0.6) is 0 Å². The third-order valence-corrected chi connectivity index (χ3v) is 5.42. The van der Waals surface area contributed by atoms with E-state index in [0.717, 1.165) is 51.9 Å². The van der Waals surface area contributed by atoms with Gasteiger partial charge in [0.1, 0.15) is 0 Å². The number of carboxylic acid groups (broad SMARTS) is 1. The van der Waals surface area contributed by atoms with E-state index >= 15 is 0 Å². The molecule has 0 saturated carbocycles. The lowest BCUT2D eigenvalue weighted by Gasteiger charge is -2.40. The number of piperidine rings is 1. The van der Waals surface area contributed by atoms with Gasteiger partial charge in [0.25, 0.3) is 0 Å². The van der Waals surface area contributed by atoms with Gasteiger partial charge in [-0.2, -0.15) is 0 Å². The smallest absolute Gasteiger partial charge is 0.303 e. The van der Waals surface area contributed by atoms with E-state index < -0.39 is 5.97 Å². The number of hydrogen-bond acceptors (Lipinski definition) is 3. The highest BCUT2D eigenvalue weighted by atomic mass is 16.4. The largest absolute Gasteiger partial charge is 0.481 e. The number of hydrogen-bond donors (Lipinski definition) is 2. The van der Waals surface area contributed by atoms with Crippen molar-refractivity contribution in [3.8, 4) is 0 Å². The summed E-state index contributed by atoms with van der Waals surface area (Å²) in [5.74, 6) is -0.00218. The summed E-state index contributed by atoms with van der Waals surface area (Å²) >= 11 is 0. The third-order valence-electron chi connectivity index (χ3n) is 5.42. The Bertz CT molecular complexity index is 391. The Hall–Kier alpha value is -1.10. The summed E-state index contributed by atoms with van der Waals surface area (Å²) in [4.78, 5) is 25.8. The SMILES string of the molecule is CCC1(C(=O)N2CCCC(C(C)CC(=O)O)C2)CCNC1. The van der Waals surface area contributed by atoms with Gasteiger partial charge in [-0.15, -0.1) is 0 Å². The van der Waals surface area contributed by atoms with Gasteiger partial charge < -0.3 is 15.3 Å². The summed E-state index contributed by atoms with van der Waals surface area (Å²) in [5.41, 5.74) is -0.224. The lowest BCUT2D eigenvalue weighted by Crippen LogP contribution is -2.49. The molecule has 2 heterocycles. The number of aliphatic carboxylic acids is 1. The standard InChI is InChI=1S/C16H28N2O3/c1-3-16(6-7-17-11-16)15(21)18-8-4-5-13(10-18)12(2)9-14(19)20/h12-13,17H,3-11H2,1-2H3,(H,19,20). The number of carboxylic acids is 1. The average Bonchev–Trinajstić information content (AvgIpc) is 2.96. The minimum atomic E-state index is -0.740. The van der Waals surface area contributed by atoms with Crippen LogP contribution in [0.15, 0.2) is 0 Å². The molecule has 0 bridgehead atoms. The predicted octanol–water partition coefficient (Wildman–Crippen LogP) is 1.73. The molecule has 2 fully saturated rings. The van der Waals surface area contributed by atoms with Gasteiger partial charge in [0.15, 0.2) is 0 Å². The fourth-order valence-corrected chi connectivity index (χ4v) is 3.82. The first-order chi connectivity index (χ1) is 9.98. The summed E-state index contributed by atoms with van der Waals surface area (Å²) < 4.78 is 0. The Morgan fingerprint density at radius 1 is 1.48 bits per heavy atom. The van der Waals surface area contributed by atoms with Crippen molar-refractivity contribution in [2.24, 2.45) is 17.3 Å². The summed E-state index contributed by atoms with van der Waals surface area (Å²) in [6.45, 7) is 7.37. The highest BCUT2D eigenvalue weighted by molar-refractivity contribution is 5.83. The summed E-state index contributed by atoms with van der Waals surface area (Å²) in [6.07, 6.45) is 4.04. The molecule has 0 radical (unpaired) electrons. The Labute approximate surface area is 127 Å². The van der Waals surface area contributed by atoms with Crippen LogP contribution in [-0.2, 0) is 9.59 Å².